The van der Waals surface area contributed by atoms with Crippen LogP contribution < -0.4 is 10.1 Å². The Bertz CT molecular complexity index is 1050. The van der Waals surface area contributed by atoms with Gasteiger partial charge in [0.15, 0.2) is 5.69 Å². The van der Waals surface area contributed by atoms with E-state index < -0.39 is 0 Å². The van der Waals surface area contributed by atoms with Crippen LogP contribution in [0, 0.1) is 11.8 Å². The molecule has 0 aliphatic carbocycles. The lowest BCUT2D eigenvalue weighted by atomic mass is 9.95. The predicted molar refractivity (Wildman–Crippen MR) is 121 cm³/mol. The van der Waals surface area contributed by atoms with Crippen LogP contribution in [0.1, 0.15) is 29.8 Å². The van der Waals surface area contributed by atoms with Crippen LogP contribution in [0.4, 0.5) is 0 Å². The molecule has 2 N–H and O–H groups in total. The zero-order valence-electron chi connectivity index (χ0n) is 18.6. The van der Waals surface area contributed by atoms with Gasteiger partial charge in [0.1, 0.15) is 0 Å². The molecule has 0 bridgehead atoms. The van der Waals surface area contributed by atoms with Crippen molar-refractivity contribution in [1.82, 2.24) is 30.3 Å². The lowest BCUT2D eigenvalue weighted by Crippen LogP contribution is -2.44. The number of rotatable bonds is 6. The number of halogens is 1. The molecule has 3 amide bonds. The molecule has 0 aromatic carbocycles. The van der Waals surface area contributed by atoms with Crippen molar-refractivity contribution >= 4 is 29.3 Å². The van der Waals surface area contributed by atoms with Crippen molar-refractivity contribution in [1.29, 1.82) is 0 Å². The van der Waals surface area contributed by atoms with Crippen LogP contribution in [0.15, 0.2) is 18.3 Å². The molecule has 0 radical (unpaired) electrons. The van der Waals surface area contributed by atoms with E-state index in [1.807, 2.05) is 0 Å². The molecular formula is C22H27ClN6O4. The number of pyridine rings is 1. The van der Waals surface area contributed by atoms with Crippen LogP contribution in [0.25, 0.3) is 11.3 Å². The van der Waals surface area contributed by atoms with E-state index in [0.717, 1.165) is 0 Å². The quantitative estimate of drug-likeness (QED) is 0.655. The number of amides is 3. The Morgan fingerprint density at radius 3 is 2.73 bits per heavy atom. The van der Waals surface area contributed by atoms with Crippen molar-refractivity contribution < 1.29 is 19.1 Å². The Balaban J connectivity index is 1.30. The van der Waals surface area contributed by atoms with Crippen LogP contribution in [0.5, 0.6) is 5.88 Å². The summed E-state index contributed by atoms with van der Waals surface area (Å²) in [6, 6.07) is 3.33. The van der Waals surface area contributed by atoms with Crippen molar-refractivity contribution in [3.05, 3.63) is 29.0 Å². The first-order chi connectivity index (χ1) is 15.9. The Kier molecular flexibility index (Phi) is 6.83. The highest BCUT2D eigenvalue weighted by Crippen LogP contribution is 2.29. The molecule has 176 valence electrons. The Hall–Kier alpha value is -3.14. The van der Waals surface area contributed by atoms with E-state index in [-0.39, 0.29) is 35.3 Å². The minimum atomic E-state index is -0.194. The molecule has 2 fully saturated rings. The van der Waals surface area contributed by atoms with Gasteiger partial charge < -0.3 is 19.9 Å². The summed E-state index contributed by atoms with van der Waals surface area (Å²) in [6.07, 6.45) is 3.14. The average Bonchev–Trinajstić information content (AvgIpc) is 3.44. The van der Waals surface area contributed by atoms with Gasteiger partial charge in [0.05, 0.1) is 24.0 Å². The molecule has 4 rings (SSSR count). The normalized spacial score (nSPS) is 19.1. The van der Waals surface area contributed by atoms with Crippen LogP contribution in [-0.2, 0) is 9.59 Å². The Morgan fingerprint density at radius 1 is 1.30 bits per heavy atom. The number of methoxy groups -OCH3 is 1. The highest BCUT2D eigenvalue weighted by molar-refractivity contribution is 6.33. The average molecular weight is 475 g/mol. The van der Waals surface area contributed by atoms with Crippen molar-refractivity contribution in [2.45, 2.75) is 19.3 Å². The minimum Gasteiger partial charge on any atom is -0.481 e. The summed E-state index contributed by atoms with van der Waals surface area (Å²) in [6.45, 7) is 2.14. The molecule has 2 aliphatic heterocycles. The third kappa shape index (κ3) is 5.11. The van der Waals surface area contributed by atoms with Gasteiger partial charge in [-0.25, -0.2) is 4.98 Å². The van der Waals surface area contributed by atoms with Gasteiger partial charge in [0.25, 0.3) is 5.91 Å². The largest absolute Gasteiger partial charge is 0.481 e. The second-order valence-corrected chi connectivity index (χ2v) is 8.94. The first-order valence-corrected chi connectivity index (χ1v) is 11.3. The number of hydrogen-bond acceptors (Lipinski definition) is 6. The molecule has 2 saturated heterocycles. The number of hydrogen-bond donors (Lipinski definition) is 2. The zero-order valence-corrected chi connectivity index (χ0v) is 19.4. The van der Waals surface area contributed by atoms with Gasteiger partial charge in [-0.2, -0.15) is 5.10 Å². The zero-order chi connectivity index (χ0) is 23.5. The summed E-state index contributed by atoms with van der Waals surface area (Å²) in [7, 11) is 3.29. The van der Waals surface area contributed by atoms with Gasteiger partial charge in [0.2, 0.25) is 17.7 Å². The number of carbonyl (C=O) groups is 3. The first-order valence-electron chi connectivity index (χ1n) is 10.9. The number of likely N-dealkylation sites (tertiary alicyclic amines) is 2. The summed E-state index contributed by atoms with van der Waals surface area (Å²) in [5, 5.41) is 10.4. The lowest BCUT2D eigenvalue weighted by Gasteiger charge is -2.31. The molecule has 2 aliphatic rings. The van der Waals surface area contributed by atoms with Crippen LogP contribution >= 0.6 is 11.6 Å². The number of carbonyl (C=O) groups excluding carboxylic acids is 3. The van der Waals surface area contributed by atoms with Gasteiger partial charge in [-0.05, 0) is 18.9 Å². The van der Waals surface area contributed by atoms with Crippen molar-refractivity contribution in [2.75, 3.05) is 40.3 Å². The van der Waals surface area contributed by atoms with E-state index in [0.29, 0.717) is 67.6 Å². The number of ether oxygens (including phenoxy) is 1. The molecule has 0 saturated carbocycles. The molecule has 10 nitrogen and oxygen atoms in total. The SMILES string of the molecule is COc1cc(-c2cc(C(=O)N3CCC(C(=O)NCC4CC(=O)N(C)C4)CC3)n[nH]2)c(Cl)cn1. The first kappa shape index (κ1) is 23.0. The maximum absolute atomic E-state index is 12.9. The Labute approximate surface area is 196 Å². The van der Waals surface area contributed by atoms with Gasteiger partial charge >= 0.3 is 0 Å². The van der Waals surface area contributed by atoms with Crippen LogP contribution in [0.3, 0.4) is 0 Å². The number of H-pyrrole nitrogens is 1. The summed E-state index contributed by atoms with van der Waals surface area (Å²) >= 11 is 6.23. The van der Waals surface area contributed by atoms with Crippen molar-refractivity contribution in [3.63, 3.8) is 0 Å². The third-order valence-corrected chi connectivity index (χ3v) is 6.57. The second-order valence-electron chi connectivity index (χ2n) is 8.53. The van der Waals surface area contributed by atoms with Crippen LogP contribution in [0.2, 0.25) is 5.02 Å². The fourth-order valence-corrected chi connectivity index (χ4v) is 4.50. The lowest BCUT2D eigenvalue weighted by molar-refractivity contribution is -0.127. The number of piperidine rings is 1. The number of aromatic amines is 1. The fourth-order valence-electron chi connectivity index (χ4n) is 4.30. The summed E-state index contributed by atoms with van der Waals surface area (Å²) in [5.74, 6) is 0.350. The van der Waals surface area contributed by atoms with Gasteiger partial charge in [-0.3, -0.25) is 19.5 Å². The second kappa shape index (κ2) is 9.78. The van der Waals surface area contributed by atoms with Crippen molar-refractivity contribution in [3.8, 4) is 17.1 Å². The Morgan fingerprint density at radius 2 is 2.06 bits per heavy atom. The smallest absolute Gasteiger partial charge is 0.274 e. The number of aromatic nitrogens is 3. The van der Waals surface area contributed by atoms with E-state index in [9.17, 15) is 14.4 Å². The van der Waals surface area contributed by atoms with E-state index in [1.54, 1.807) is 29.0 Å². The van der Waals surface area contributed by atoms with Crippen molar-refractivity contribution in [2.24, 2.45) is 11.8 Å². The maximum atomic E-state index is 12.9. The fraction of sp³-hybridized carbons (Fsp3) is 0.500. The molecule has 4 heterocycles. The summed E-state index contributed by atoms with van der Waals surface area (Å²) < 4.78 is 5.14. The molecular weight excluding hydrogens is 448 g/mol. The molecule has 33 heavy (non-hydrogen) atoms. The third-order valence-electron chi connectivity index (χ3n) is 6.27. The number of nitrogens with zero attached hydrogens (tertiary/aromatic N) is 4. The number of nitrogens with one attached hydrogen (secondary N) is 2. The highest BCUT2D eigenvalue weighted by atomic mass is 35.5. The molecule has 0 spiro atoms. The monoisotopic (exact) mass is 474 g/mol. The standard InChI is InChI=1S/C22H27ClN6O4/c1-28-12-13(7-20(28)30)10-25-21(31)14-3-5-29(6-4-14)22(32)18-9-17(26-27-18)15-8-19(33-2)24-11-16(15)23/h8-9,11,13-14H,3-7,10,12H2,1-2H3,(H,25,31)(H,26,27). The summed E-state index contributed by atoms with van der Waals surface area (Å²) in [5.41, 5.74) is 1.52. The van der Waals surface area contributed by atoms with E-state index >= 15 is 0 Å². The molecule has 2 aromatic rings. The van der Waals surface area contributed by atoms with Gasteiger partial charge in [-0.15, -0.1) is 0 Å². The predicted octanol–water partition coefficient (Wildman–Crippen LogP) is 1.58. The minimum absolute atomic E-state index is 0.00701. The van der Waals surface area contributed by atoms with E-state index in [1.165, 1.54) is 13.3 Å². The topological polar surface area (TPSA) is 121 Å². The van der Waals surface area contributed by atoms with Gasteiger partial charge in [0, 0.05) is 63.1 Å². The molecule has 2 aromatic heterocycles. The molecule has 11 heteroatoms. The van der Waals surface area contributed by atoms with E-state index in [2.05, 4.69) is 20.5 Å². The van der Waals surface area contributed by atoms with Gasteiger partial charge in [-0.1, -0.05) is 11.6 Å². The molecule has 1 atom stereocenters. The summed E-state index contributed by atoms with van der Waals surface area (Å²) in [4.78, 5) is 44.6. The van der Waals surface area contributed by atoms with Crippen LogP contribution in [-0.4, -0.2) is 83.0 Å². The highest BCUT2D eigenvalue weighted by Gasteiger charge is 2.31. The molecule has 1 unspecified atom stereocenters. The van der Waals surface area contributed by atoms with E-state index in [4.69, 9.17) is 16.3 Å². The maximum Gasteiger partial charge on any atom is 0.274 e.